The minimum atomic E-state index is -1.15. The zero-order valence-electron chi connectivity index (χ0n) is 21.0. The number of rotatable bonds is 8. The Kier molecular flexibility index (Phi) is 6.38. The molecule has 2 aromatic carbocycles. The summed E-state index contributed by atoms with van der Waals surface area (Å²) < 4.78 is 11.5. The second kappa shape index (κ2) is 9.50. The van der Waals surface area contributed by atoms with Crippen LogP contribution < -0.4 is 9.47 Å². The number of hydrogen-bond donors (Lipinski definition) is 2. The van der Waals surface area contributed by atoms with Gasteiger partial charge in [0.25, 0.3) is 5.91 Å². The van der Waals surface area contributed by atoms with Gasteiger partial charge in [-0.2, -0.15) is 0 Å². The Hall–Kier alpha value is -3.52. The highest BCUT2D eigenvalue weighted by Gasteiger charge is 2.56. The Balaban J connectivity index is 1.66. The largest absolute Gasteiger partial charge is 0.493 e. The number of amides is 2. The van der Waals surface area contributed by atoms with Gasteiger partial charge in [-0.1, -0.05) is 31.2 Å². The van der Waals surface area contributed by atoms with Gasteiger partial charge < -0.3 is 29.4 Å². The van der Waals surface area contributed by atoms with Crippen LogP contribution in [0.5, 0.6) is 11.5 Å². The van der Waals surface area contributed by atoms with Crippen LogP contribution in [0, 0.1) is 0 Å². The zero-order chi connectivity index (χ0) is 25.4. The van der Waals surface area contributed by atoms with Crippen LogP contribution in [0.15, 0.2) is 42.5 Å². The first-order chi connectivity index (χ1) is 17.4. The monoisotopic (exact) mass is 491 g/mol. The molecule has 190 valence electrons. The maximum atomic E-state index is 13.9. The maximum Gasteiger partial charge on any atom is 0.254 e. The molecule has 2 amide bonds. The molecular weight excluding hydrogens is 458 g/mol. The van der Waals surface area contributed by atoms with Crippen LogP contribution >= 0.6 is 0 Å². The van der Waals surface area contributed by atoms with E-state index in [9.17, 15) is 14.7 Å². The number of aliphatic hydroxyl groups is 1. The van der Waals surface area contributed by atoms with Crippen molar-refractivity contribution in [2.24, 2.45) is 0 Å². The lowest BCUT2D eigenvalue weighted by molar-refractivity contribution is -0.166. The summed E-state index contributed by atoms with van der Waals surface area (Å²) in [5.74, 6) is 0.958. The number of aromatic nitrogens is 1. The number of carbonyl (C=O) groups is 2. The first kappa shape index (κ1) is 24.2. The van der Waals surface area contributed by atoms with Gasteiger partial charge in [-0.15, -0.1) is 0 Å². The third-order valence-electron chi connectivity index (χ3n) is 7.46. The van der Waals surface area contributed by atoms with Crippen molar-refractivity contribution in [1.29, 1.82) is 0 Å². The third kappa shape index (κ3) is 3.71. The van der Waals surface area contributed by atoms with Gasteiger partial charge in [0.1, 0.15) is 0 Å². The molecule has 2 atom stereocenters. The van der Waals surface area contributed by atoms with Crippen LogP contribution in [-0.2, 0) is 15.1 Å². The fourth-order valence-electron chi connectivity index (χ4n) is 5.65. The van der Waals surface area contributed by atoms with Gasteiger partial charge in [0.2, 0.25) is 5.91 Å². The van der Waals surface area contributed by atoms with Crippen LogP contribution in [0.3, 0.4) is 0 Å². The topological polar surface area (TPSA) is 95.1 Å². The van der Waals surface area contributed by atoms with Gasteiger partial charge in [0.15, 0.2) is 17.0 Å². The Bertz CT molecular complexity index is 1300. The molecule has 3 heterocycles. The highest BCUT2D eigenvalue weighted by atomic mass is 16.5. The Labute approximate surface area is 210 Å². The molecule has 0 unspecified atom stereocenters. The minimum Gasteiger partial charge on any atom is -0.493 e. The number of nitrogens with one attached hydrogen (secondary N) is 1. The number of methoxy groups -OCH3 is 1. The fraction of sp³-hybridized carbons (Fsp3) is 0.429. The second-order valence-corrected chi connectivity index (χ2v) is 9.65. The predicted octanol–water partition coefficient (Wildman–Crippen LogP) is 3.38. The average Bonchev–Trinajstić information content (AvgIpc) is 3.29. The number of para-hydroxylation sites is 1. The fourth-order valence-corrected chi connectivity index (χ4v) is 5.65. The van der Waals surface area contributed by atoms with Gasteiger partial charge in [-0.3, -0.25) is 9.59 Å². The van der Waals surface area contributed by atoms with Crippen molar-refractivity contribution in [1.82, 2.24) is 14.8 Å². The second-order valence-electron chi connectivity index (χ2n) is 9.65. The molecule has 8 nitrogen and oxygen atoms in total. The van der Waals surface area contributed by atoms with Gasteiger partial charge in [0.05, 0.1) is 26.0 Å². The molecule has 36 heavy (non-hydrogen) atoms. The third-order valence-corrected chi connectivity index (χ3v) is 7.46. The number of H-pyrrole nitrogens is 1. The number of nitrogens with zero attached hydrogens (tertiary/aromatic N) is 2. The summed E-state index contributed by atoms with van der Waals surface area (Å²) in [4.78, 5) is 34.1. The van der Waals surface area contributed by atoms with E-state index >= 15 is 0 Å². The first-order valence-electron chi connectivity index (χ1n) is 12.6. The Morgan fingerprint density at radius 1 is 1.17 bits per heavy atom. The van der Waals surface area contributed by atoms with E-state index in [1.807, 2.05) is 43.3 Å². The van der Waals surface area contributed by atoms with E-state index in [2.05, 4.69) is 18.0 Å². The summed E-state index contributed by atoms with van der Waals surface area (Å²) in [6.07, 6.45) is 1.33. The standard InChI is InChI=1S/C28H33N3O5/c1-4-14-36-22-11-10-18(15-23(22)35-3)20-16-31-24(33)17-30(12-7-13-32)27(34)28(31,2)26-25(20)19-8-5-6-9-21(19)29-26/h5-6,8-11,15,20,29,32H,4,7,12-14,16-17H2,1-3H3/t20-,28+/m1/s1. The molecule has 1 fully saturated rings. The number of fused-ring (bicyclic) bond motifs is 5. The lowest BCUT2D eigenvalue weighted by Gasteiger charge is -2.51. The van der Waals surface area contributed by atoms with Crippen molar-refractivity contribution < 1.29 is 24.2 Å². The van der Waals surface area contributed by atoms with Crippen molar-refractivity contribution in [3.05, 3.63) is 59.3 Å². The lowest BCUT2D eigenvalue weighted by Crippen LogP contribution is -2.67. The Morgan fingerprint density at radius 3 is 2.72 bits per heavy atom. The molecule has 2 aliphatic heterocycles. The van der Waals surface area contributed by atoms with Crippen LogP contribution in [0.4, 0.5) is 0 Å². The lowest BCUT2D eigenvalue weighted by atomic mass is 9.76. The summed E-state index contributed by atoms with van der Waals surface area (Å²) in [6, 6.07) is 13.9. The molecule has 3 aromatic rings. The number of carbonyl (C=O) groups excluding carboxylic acids is 2. The van der Waals surface area contributed by atoms with E-state index in [1.54, 1.807) is 16.9 Å². The maximum absolute atomic E-state index is 13.9. The number of aliphatic hydroxyl groups excluding tert-OH is 1. The molecular formula is C28H33N3O5. The predicted molar refractivity (Wildman–Crippen MR) is 136 cm³/mol. The van der Waals surface area contributed by atoms with Crippen LogP contribution in [0.1, 0.15) is 49.4 Å². The molecule has 0 saturated carbocycles. The molecule has 1 aromatic heterocycles. The molecule has 0 bridgehead atoms. The molecule has 0 radical (unpaired) electrons. The first-order valence-corrected chi connectivity index (χ1v) is 12.6. The van der Waals surface area contributed by atoms with Crippen LogP contribution in [-0.4, -0.2) is 71.7 Å². The molecule has 0 aliphatic carbocycles. The molecule has 8 heteroatoms. The summed E-state index contributed by atoms with van der Waals surface area (Å²) >= 11 is 0. The van der Waals surface area contributed by atoms with E-state index < -0.39 is 5.54 Å². The van der Waals surface area contributed by atoms with Crippen molar-refractivity contribution in [3.8, 4) is 11.5 Å². The SMILES string of the molecule is CCCOc1ccc([C@H]2CN3C(=O)CN(CCCO)C(=O)[C@]3(C)c3[nH]c4ccccc4c32)cc1OC. The normalized spacial score (nSPS) is 21.5. The minimum absolute atomic E-state index is 0.0177. The zero-order valence-corrected chi connectivity index (χ0v) is 21.0. The van der Waals surface area contributed by atoms with Crippen LogP contribution in [0.25, 0.3) is 10.9 Å². The van der Waals surface area contributed by atoms with Gasteiger partial charge in [-0.05, 0) is 49.1 Å². The number of hydrogen-bond acceptors (Lipinski definition) is 5. The number of ether oxygens (including phenoxy) is 2. The van der Waals surface area contributed by atoms with Crippen molar-refractivity contribution in [2.75, 3.05) is 40.0 Å². The van der Waals surface area contributed by atoms with E-state index in [-0.39, 0.29) is 30.9 Å². The smallest absolute Gasteiger partial charge is 0.254 e. The summed E-state index contributed by atoms with van der Waals surface area (Å²) in [5.41, 5.74) is 2.55. The van der Waals surface area contributed by atoms with Crippen LogP contribution in [0.2, 0.25) is 0 Å². The van der Waals surface area contributed by atoms with Gasteiger partial charge in [-0.25, -0.2) is 0 Å². The molecule has 5 rings (SSSR count). The highest BCUT2D eigenvalue weighted by molar-refractivity contribution is 6.01. The molecule has 2 aliphatic rings. The molecule has 1 saturated heterocycles. The van der Waals surface area contributed by atoms with E-state index in [4.69, 9.17) is 9.47 Å². The quantitative estimate of drug-likeness (QED) is 0.504. The highest BCUT2D eigenvalue weighted by Crippen LogP contribution is 2.48. The number of piperazine rings is 1. The van der Waals surface area contributed by atoms with Gasteiger partial charge >= 0.3 is 0 Å². The van der Waals surface area contributed by atoms with E-state index in [0.717, 1.165) is 34.1 Å². The van der Waals surface area contributed by atoms with Crippen molar-refractivity contribution in [2.45, 2.75) is 38.1 Å². The molecule has 2 N–H and O–H groups in total. The summed E-state index contributed by atoms with van der Waals surface area (Å²) in [5, 5.41) is 10.3. The summed E-state index contributed by atoms with van der Waals surface area (Å²) in [7, 11) is 1.63. The summed E-state index contributed by atoms with van der Waals surface area (Å²) in [6.45, 7) is 5.20. The Morgan fingerprint density at radius 2 is 1.97 bits per heavy atom. The molecule has 0 spiro atoms. The van der Waals surface area contributed by atoms with Crippen molar-refractivity contribution in [3.63, 3.8) is 0 Å². The van der Waals surface area contributed by atoms with Crippen molar-refractivity contribution >= 4 is 22.7 Å². The average molecular weight is 492 g/mol. The number of benzene rings is 2. The van der Waals surface area contributed by atoms with E-state index in [1.165, 1.54) is 0 Å². The van der Waals surface area contributed by atoms with E-state index in [0.29, 0.717) is 37.6 Å². The van der Waals surface area contributed by atoms with Gasteiger partial charge in [0, 0.05) is 36.5 Å². The number of aromatic amines is 1.